The first-order chi connectivity index (χ1) is 18.9. The minimum absolute atomic E-state index is 0.00162. The number of hydrogen-bond acceptors (Lipinski definition) is 5. The Morgan fingerprint density at radius 1 is 0.769 bits per heavy atom. The van der Waals surface area contributed by atoms with E-state index in [1.807, 2.05) is 47.1 Å². The number of hydrogen-bond donors (Lipinski definition) is 0. The van der Waals surface area contributed by atoms with E-state index >= 15 is 0 Å². The fraction of sp³-hybridized carbons (Fsp3) is 0.533. The van der Waals surface area contributed by atoms with Crippen molar-refractivity contribution >= 4 is 21.8 Å². The van der Waals surface area contributed by atoms with E-state index in [2.05, 4.69) is 0 Å². The van der Waals surface area contributed by atoms with Gasteiger partial charge in [-0.1, -0.05) is 48.5 Å². The van der Waals surface area contributed by atoms with Crippen molar-refractivity contribution in [3.05, 3.63) is 66.2 Å². The lowest BCUT2D eigenvalue weighted by atomic mass is 9.88. The molecule has 9 heteroatoms. The number of amides is 2. The van der Waals surface area contributed by atoms with Crippen molar-refractivity contribution in [1.29, 1.82) is 0 Å². The molecule has 3 heterocycles. The summed E-state index contributed by atoms with van der Waals surface area (Å²) >= 11 is 0. The van der Waals surface area contributed by atoms with Gasteiger partial charge in [0.2, 0.25) is 21.8 Å². The molecule has 1 unspecified atom stereocenters. The summed E-state index contributed by atoms with van der Waals surface area (Å²) in [6.45, 7) is 5.23. The van der Waals surface area contributed by atoms with Crippen LogP contribution in [0.5, 0.6) is 0 Å². The molecule has 5 rings (SSSR count). The van der Waals surface area contributed by atoms with Gasteiger partial charge in [0.05, 0.1) is 23.0 Å². The Kier molecular flexibility index (Phi) is 8.69. The Morgan fingerprint density at radius 2 is 1.38 bits per heavy atom. The van der Waals surface area contributed by atoms with Crippen LogP contribution in [0.1, 0.15) is 50.6 Å². The highest BCUT2D eigenvalue weighted by Crippen LogP contribution is 2.38. The molecule has 0 aromatic heterocycles. The van der Waals surface area contributed by atoms with Crippen LogP contribution >= 0.6 is 0 Å². The second-order valence-corrected chi connectivity index (χ2v) is 12.7. The number of ether oxygens (including phenoxy) is 1. The smallest absolute Gasteiger partial charge is 0.243 e. The van der Waals surface area contributed by atoms with E-state index in [4.69, 9.17) is 4.74 Å². The molecule has 8 nitrogen and oxygen atoms in total. The molecular formula is C30H39N3O5S. The van der Waals surface area contributed by atoms with Crippen molar-refractivity contribution in [3.8, 4) is 0 Å². The lowest BCUT2D eigenvalue weighted by molar-refractivity contribution is -0.143. The van der Waals surface area contributed by atoms with Crippen molar-refractivity contribution in [1.82, 2.24) is 14.1 Å². The highest BCUT2D eigenvalue weighted by atomic mass is 32.2. The summed E-state index contributed by atoms with van der Waals surface area (Å²) in [6, 6.07) is 17.8. The summed E-state index contributed by atoms with van der Waals surface area (Å²) in [5.41, 5.74) is 0.940. The van der Waals surface area contributed by atoms with Crippen LogP contribution in [-0.4, -0.2) is 79.8 Å². The summed E-state index contributed by atoms with van der Waals surface area (Å²) in [4.78, 5) is 30.7. The number of nitrogens with zero attached hydrogens (tertiary/aromatic N) is 3. The fourth-order valence-electron chi connectivity index (χ4n) is 6.31. The van der Waals surface area contributed by atoms with Gasteiger partial charge in [0.1, 0.15) is 0 Å². The van der Waals surface area contributed by atoms with Gasteiger partial charge in [-0.05, 0) is 56.7 Å². The molecule has 3 aliphatic heterocycles. The van der Waals surface area contributed by atoms with Gasteiger partial charge in [-0.3, -0.25) is 9.59 Å². The average molecular weight is 554 g/mol. The number of carbonyl (C=O) groups excluding carboxylic acids is 2. The minimum atomic E-state index is -3.79. The van der Waals surface area contributed by atoms with Crippen LogP contribution in [0.4, 0.5) is 0 Å². The number of carbonyl (C=O) groups is 2. The fourth-order valence-corrected chi connectivity index (χ4v) is 8.02. The standard InChI is InChI=1S/C30H39N3O5S/c1-2-38-26-17-20-32(22-26)29(34)24-15-18-31(19-16-24)30(35)25-13-14-28(23-9-5-3-6-10-23)33(21-25)39(36,37)27-11-7-4-8-12-27/h3-12,24-26,28H,2,13-22H2,1H3/t25-,26?,28-/m1/s1. The van der Waals surface area contributed by atoms with Crippen molar-refractivity contribution in [2.45, 2.75) is 56.1 Å². The maximum absolute atomic E-state index is 13.8. The summed E-state index contributed by atoms with van der Waals surface area (Å²) in [5.74, 6) is -0.300. The zero-order valence-electron chi connectivity index (χ0n) is 22.7. The van der Waals surface area contributed by atoms with Gasteiger partial charge in [-0.25, -0.2) is 8.42 Å². The zero-order valence-corrected chi connectivity index (χ0v) is 23.5. The van der Waals surface area contributed by atoms with Gasteiger partial charge >= 0.3 is 0 Å². The van der Waals surface area contributed by atoms with E-state index in [-0.39, 0.29) is 41.3 Å². The molecule has 0 bridgehead atoms. The van der Waals surface area contributed by atoms with Crippen LogP contribution in [0.25, 0.3) is 0 Å². The lowest BCUT2D eigenvalue weighted by Crippen LogP contribution is -2.50. The molecule has 2 aromatic rings. The SMILES string of the molecule is CCOC1CCN(C(=O)C2CCN(C(=O)[C@@H]3CC[C@H](c4ccccc4)N(S(=O)(=O)c4ccccc4)C3)CC2)C1. The highest BCUT2D eigenvalue weighted by molar-refractivity contribution is 7.89. The van der Waals surface area contributed by atoms with E-state index in [1.54, 1.807) is 30.3 Å². The topological polar surface area (TPSA) is 87.2 Å². The lowest BCUT2D eigenvalue weighted by Gasteiger charge is -2.41. The van der Waals surface area contributed by atoms with Crippen LogP contribution in [0.2, 0.25) is 0 Å². The van der Waals surface area contributed by atoms with E-state index in [1.165, 1.54) is 4.31 Å². The number of likely N-dealkylation sites (tertiary alicyclic amines) is 2. The number of piperidine rings is 2. The summed E-state index contributed by atoms with van der Waals surface area (Å²) in [5, 5.41) is 0. The van der Waals surface area contributed by atoms with Crippen LogP contribution in [0, 0.1) is 11.8 Å². The maximum atomic E-state index is 13.8. The van der Waals surface area contributed by atoms with Gasteiger partial charge in [-0.2, -0.15) is 4.31 Å². The van der Waals surface area contributed by atoms with Crippen LogP contribution in [-0.2, 0) is 24.3 Å². The van der Waals surface area contributed by atoms with Crippen LogP contribution in [0.3, 0.4) is 0 Å². The van der Waals surface area contributed by atoms with E-state index in [0.29, 0.717) is 51.9 Å². The number of rotatable bonds is 7. The first-order valence-corrected chi connectivity index (χ1v) is 15.6. The third-order valence-corrected chi connectivity index (χ3v) is 10.3. The Bertz CT molecular complexity index is 1230. The largest absolute Gasteiger partial charge is 0.377 e. The molecule has 0 N–H and O–H groups in total. The van der Waals surface area contributed by atoms with Crippen molar-refractivity contribution in [2.24, 2.45) is 11.8 Å². The normalized spacial score (nSPS) is 25.1. The molecule has 3 saturated heterocycles. The second-order valence-electron chi connectivity index (χ2n) is 10.8. The van der Waals surface area contributed by atoms with Crippen molar-refractivity contribution in [2.75, 3.05) is 39.3 Å². The molecule has 3 aliphatic rings. The summed E-state index contributed by atoms with van der Waals surface area (Å²) in [7, 11) is -3.79. The highest BCUT2D eigenvalue weighted by Gasteiger charge is 2.42. The molecule has 0 radical (unpaired) electrons. The predicted molar refractivity (Wildman–Crippen MR) is 148 cm³/mol. The molecule has 2 aromatic carbocycles. The predicted octanol–water partition coefficient (Wildman–Crippen LogP) is 3.70. The summed E-state index contributed by atoms with van der Waals surface area (Å²) in [6.07, 6.45) is 3.51. The molecule has 0 spiro atoms. The molecule has 0 saturated carbocycles. The van der Waals surface area contributed by atoms with Gasteiger partial charge in [0, 0.05) is 45.2 Å². The minimum Gasteiger partial charge on any atom is -0.377 e. The number of benzene rings is 2. The average Bonchev–Trinajstić information content (AvgIpc) is 3.46. The second kappa shape index (κ2) is 12.2. The quantitative estimate of drug-likeness (QED) is 0.522. The van der Waals surface area contributed by atoms with Gasteiger partial charge < -0.3 is 14.5 Å². The van der Waals surface area contributed by atoms with Gasteiger partial charge in [0.25, 0.3) is 0 Å². The molecule has 210 valence electrons. The molecule has 39 heavy (non-hydrogen) atoms. The third-order valence-electron chi connectivity index (χ3n) is 8.43. The molecule has 2 amide bonds. The Hall–Kier alpha value is -2.75. The molecule has 3 fully saturated rings. The zero-order chi connectivity index (χ0) is 27.4. The maximum Gasteiger partial charge on any atom is 0.243 e. The monoisotopic (exact) mass is 553 g/mol. The molecule has 0 aliphatic carbocycles. The van der Waals surface area contributed by atoms with E-state index in [0.717, 1.165) is 18.5 Å². The van der Waals surface area contributed by atoms with Gasteiger partial charge in [0.15, 0.2) is 0 Å². The van der Waals surface area contributed by atoms with Crippen molar-refractivity contribution < 1.29 is 22.7 Å². The van der Waals surface area contributed by atoms with Crippen LogP contribution in [0.15, 0.2) is 65.6 Å². The Balaban J connectivity index is 1.25. The Labute approximate surface area is 232 Å². The van der Waals surface area contributed by atoms with E-state index < -0.39 is 15.9 Å². The van der Waals surface area contributed by atoms with Crippen molar-refractivity contribution in [3.63, 3.8) is 0 Å². The molecule has 3 atom stereocenters. The number of sulfonamides is 1. The summed E-state index contributed by atoms with van der Waals surface area (Å²) < 4.78 is 34.8. The molecular weight excluding hydrogens is 514 g/mol. The first kappa shape index (κ1) is 27.8. The van der Waals surface area contributed by atoms with Crippen LogP contribution < -0.4 is 0 Å². The first-order valence-electron chi connectivity index (χ1n) is 14.2. The third kappa shape index (κ3) is 6.05. The van der Waals surface area contributed by atoms with E-state index in [9.17, 15) is 18.0 Å². The van der Waals surface area contributed by atoms with Gasteiger partial charge in [-0.15, -0.1) is 0 Å². The Morgan fingerprint density at radius 3 is 2.05 bits per heavy atom.